The summed E-state index contributed by atoms with van der Waals surface area (Å²) in [6.07, 6.45) is 6.18. The van der Waals surface area contributed by atoms with Crippen LogP contribution < -0.4 is 10.6 Å². The number of aliphatic imine (C=N–C) groups is 1. The summed E-state index contributed by atoms with van der Waals surface area (Å²) in [6.45, 7) is 2.99. The van der Waals surface area contributed by atoms with Crippen LogP contribution in [-0.4, -0.2) is 52.5 Å². The van der Waals surface area contributed by atoms with Gasteiger partial charge in [0.2, 0.25) is 0 Å². The van der Waals surface area contributed by atoms with Gasteiger partial charge >= 0.3 is 0 Å². The molecular formula is C13H27N3O2. The molecule has 0 aromatic rings. The topological polar surface area (TPSA) is 54.9 Å². The van der Waals surface area contributed by atoms with Crippen molar-refractivity contribution in [3.8, 4) is 0 Å². The molecule has 1 rings (SSSR count). The molecule has 5 nitrogen and oxygen atoms in total. The monoisotopic (exact) mass is 257 g/mol. The Morgan fingerprint density at radius 1 is 1.22 bits per heavy atom. The van der Waals surface area contributed by atoms with Crippen LogP contribution in [-0.2, 0) is 9.47 Å². The maximum absolute atomic E-state index is 5.40. The van der Waals surface area contributed by atoms with Crippen LogP contribution >= 0.6 is 0 Å². The normalized spacial score (nSPS) is 17.1. The summed E-state index contributed by atoms with van der Waals surface area (Å²) in [7, 11) is 3.50. The van der Waals surface area contributed by atoms with Gasteiger partial charge in [-0.15, -0.1) is 0 Å². The average Bonchev–Trinajstić information content (AvgIpc) is 2.89. The molecule has 0 atom stereocenters. The Bertz CT molecular complexity index is 228. The van der Waals surface area contributed by atoms with Crippen molar-refractivity contribution in [1.82, 2.24) is 10.6 Å². The second-order valence-electron chi connectivity index (χ2n) is 4.58. The van der Waals surface area contributed by atoms with E-state index in [1.165, 1.54) is 25.7 Å². The largest absolute Gasteiger partial charge is 0.382 e. The van der Waals surface area contributed by atoms with Crippen molar-refractivity contribution in [2.24, 2.45) is 4.99 Å². The first-order valence-corrected chi connectivity index (χ1v) is 6.90. The Morgan fingerprint density at radius 3 is 2.67 bits per heavy atom. The highest BCUT2D eigenvalue weighted by molar-refractivity contribution is 5.79. The third-order valence-corrected chi connectivity index (χ3v) is 3.11. The Balaban J connectivity index is 1.98. The first-order valence-electron chi connectivity index (χ1n) is 6.90. The van der Waals surface area contributed by atoms with Crippen LogP contribution in [0.1, 0.15) is 32.1 Å². The van der Waals surface area contributed by atoms with Gasteiger partial charge in [0.1, 0.15) is 0 Å². The number of nitrogens with one attached hydrogen (secondary N) is 2. The fourth-order valence-electron chi connectivity index (χ4n) is 2.08. The number of nitrogens with zero attached hydrogens (tertiary/aromatic N) is 1. The van der Waals surface area contributed by atoms with Gasteiger partial charge in [-0.25, -0.2) is 0 Å². The molecule has 2 N–H and O–H groups in total. The zero-order valence-corrected chi connectivity index (χ0v) is 11.7. The van der Waals surface area contributed by atoms with Crippen molar-refractivity contribution in [1.29, 1.82) is 0 Å². The third-order valence-electron chi connectivity index (χ3n) is 3.11. The lowest BCUT2D eigenvalue weighted by Crippen LogP contribution is -2.42. The zero-order valence-electron chi connectivity index (χ0n) is 11.7. The van der Waals surface area contributed by atoms with Gasteiger partial charge in [0, 0.05) is 33.4 Å². The summed E-state index contributed by atoms with van der Waals surface area (Å²) < 4.78 is 10.3. The van der Waals surface area contributed by atoms with Gasteiger partial charge in [-0.05, 0) is 19.3 Å². The van der Waals surface area contributed by atoms with Crippen LogP contribution in [0.5, 0.6) is 0 Å². The second kappa shape index (κ2) is 10.1. The van der Waals surface area contributed by atoms with Crippen LogP contribution in [0.15, 0.2) is 4.99 Å². The van der Waals surface area contributed by atoms with Gasteiger partial charge in [0.25, 0.3) is 0 Å². The average molecular weight is 257 g/mol. The molecule has 0 unspecified atom stereocenters. The SMILES string of the molecule is CN=C(NCCCOCCOC)NC1CCCC1. The van der Waals surface area contributed by atoms with Crippen LogP contribution in [0.25, 0.3) is 0 Å². The lowest BCUT2D eigenvalue weighted by atomic mass is 10.2. The van der Waals surface area contributed by atoms with E-state index < -0.39 is 0 Å². The summed E-state index contributed by atoms with van der Waals surface area (Å²) in [5, 5.41) is 6.77. The highest BCUT2D eigenvalue weighted by Gasteiger charge is 2.15. The Morgan fingerprint density at radius 2 is 2.00 bits per heavy atom. The standard InChI is InChI=1S/C13H27N3O2/c1-14-13(16-12-6-3-4-7-12)15-8-5-9-18-11-10-17-2/h12H,3-11H2,1-2H3,(H2,14,15,16). The van der Waals surface area contributed by atoms with Crippen LogP contribution in [0.3, 0.4) is 0 Å². The van der Waals surface area contributed by atoms with E-state index in [0.29, 0.717) is 19.3 Å². The molecule has 1 saturated carbocycles. The van der Waals surface area contributed by atoms with Crippen molar-refractivity contribution >= 4 is 5.96 Å². The molecule has 0 saturated heterocycles. The number of ether oxygens (including phenoxy) is 2. The first-order chi connectivity index (χ1) is 8.86. The molecule has 1 aliphatic carbocycles. The molecule has 0 aliphatic heterocycles. The third kappa shape index (κ3) is 6.81. The van der Waals surface area contributed by atoms with E-state index >= 15 is 0 Å². The molecule has 0 aromatic heterocycles. The quantitative estimate of drug-likeness (QED) is 0.389. The Kier molecular flexibility index (Phi) is 8.59. The molecule has 1 aliphatic rings. The number of rotatable bonds is 8. The van der Waals surface area contributed by atoms with E-state index in [0.717, 1.165) is 25.5 Å². The van der Waals surface area contributed by atoms with Crippen molar-refractivity contribution in [2.45, 2.75) is 38.1 Å². The number of hydrogen-bond acceptors (Lipinski definition) is 3. The Hall–Kier alpha value is -0.810. The van der Waals surface area contributed by atoms with E-state index in [1.807, 2.05) is 7.05 Å². The molecule has 0 aromatic carbocycles. The van der Waals surface area contributed by atoms with Gasteiger partial charge in [0.15, 0.2) is 5.96 Å². The van der Waals surface area contributed by atoms with Gasteiger partial charge < -0.3 is 20.1 Å². The van der Waals surface area contributed by atoms with E-state index in [1.54, 1.807) is 7.11 Å². The van der Waals surface area contributed by atoms with Gasteiger partial charge in [-0.2, -0.15) is 0 Å². The Labute approximate surface area is 110 Å². The van der Waals surface area contributed by atoms with Crippen molar-refractivity contribution in [2.75, 3.05) is 40.5 Å². The summed E-state index contributed by atoms with van der Waals surface area (Å²) in [5.41, 5.74) is 0. The van der Waals surface area contributed by atoms with E-state index in [-0.39, 0.29) is 0 Å². The molecule has 0 bridgehead atoms. The molecule has 18 heavy (non-hydrogen) atoms. The molecular weight excluding hydrogens is 230 g/mol. The minimum absolute atomic E-state index is 0.606. The lowest BCUT2D eigenvalue weighted by Gasteiger charge is -2.16. The number of hydrogen-bond donors (Lipinski definition) is 2. The molecule has 0 amide bonds. The van der Waals surface area contributed by atoms with E-state index in [9.17, 15) is 0 Å². The fourth-order valence-corrected chi connectivity index (χ4v) is 2.08. The highest BCUT2D eigenvalue weighted by atomic mass is 16.5. The van der Waals surface area contributed by atoms with E-state index in [2.05, 4.69) is 15.6 Å². The van der Waals surface area contributed by atoms with Crippen LogP contribution in [0.2, 0.25) is 0 Å². The molecule has 106 valence electrons. The minimum Gasteiger partial charge on any atom is -0.382 e. The molecule has 1 fully saturated rings. The molecule has 0 heterocycles. The smallest absolute Gasteiger partial charge is 0.191 e. The molecule has 0 spiro atoms. The highest BCUT2D eigenvalue weighted by Crippen LogP contribution is 2.17. The van der Waals surface area contributed by atoms with Crippen LogP contribution in [0, 0.1) is 0 Å². The zero-order chi connectivity index (χ0) is 13.1. The summed E-state index contributed by atoms with van der Waals surface area (Å²) in [6, 6.07) is 0.606. The number of guanidine groups is 1. The maximum atomic E-state index is 5.40. The van der Waals surface area contributed by atoms with Crippen molar-refractivity contribution in [3.63, 3.8) is 0 Å². The van der Waals surface area contributed by atoms with Crippen molar-refractivity contribution < 1.29 is 9.47 Å². The lowest BCUT2D eigenvalue weighted by molar-refractivity contribution is 0.0698. The molecule has 5 heteroatoms. The number of methoxy groups -OCH3 is 1. The second-order valence-corrected chi connectivity index (χ2v) is 4.58. The minimum atomic E-state index is 0.606. The van der Waals surface area contributed by atoms with E-state index in [4.69, 9.17) is 9.47 Å². The first kappa shape index (κ1) is 15.2. The predicted molar refractivity (Wildman–Crippen MR) is 74.1 cm³/mol. The summed E-state index contributed by atoms with van der Waals surface area (Å²) in [5.74, 6) is 0.916. The van der Waals surface area contributed by atoms with Gasteiger partial charge in [-0.3, -0.25) is 4.99 Å². The predicted octanol–water partition coefficient (Wildman–Crippen LogP) is 1.15. The fraction of sp³-hybridized carbons (Fsp3) is 0.923. The van der Waals surface area contributed by atoms with Gasteiger partial charge in [0.05, 0.1) is 13.2 Å². The van der Waals surface area contributed by atoms with Crippen LogP contribution in [0.4, 0.5) is 0 Å². The maximum Gasteiger partial charge on any atom is 0.191 e. The summed E-state index contributed by atoms with van der Waals surface area (Å²) in [4.78, 5) is 4.23. The molecule has 0 radical (unpaired) electrons. The van der Waals surface area contributed by atoms with Crippen molar-refractivity contribution in [3.05, 3.63) is 0 Å². The summed E-state index contributed by atoms with van der Waals surface area (Å²) >= 11 is 0. The van der Waals surface area contributed by atoms with Gasteiger partial charge in [-0.1, -0.05) is 12.8 Å².